The summed E-state index contributed by atoms with van der Waals surface area (Å²) in [5.74, 6) is -0.849. The Balaban J connectivity index is 2.45. The Morgan fingerprint density at radius 1 is 1.50 bits per heavy atom. The summed E-state index contributed by atoms with van der Waals surface area (Å²) < 4.78 is 0. The topological polar surface area (TPSA) is 49.3 Å². The second-order valence-corrected chi connectivity index (χ2v) is 4.67. The molecule has 2 N–H and O–H groups in total. The smallest absolute Gasteiger partial charge is 0.323 e. The molecule has 4 heteroatoms. The van der Waals surface area contributed by atoms with Crippen molar-refractivity contribution in [3.8, 4) is 0 Å². The zero-order chi connectivity index (χ0) is 12.2. The molecule has 16 heavy (non-hydrogen) atoms. The molecule has 1 aromatic rings. The molecule has 0 fully saturated rings. The summed E-state index contributed by atoms with van der Waals surface area (Å²) in [5.41, 5.74) is 0.208. The minimum absolute atomic E-state index is 0.611. The zero-order valence-corrected chi connectivity index (χ0v) is 10.2. The van der Waals surface area contributed by atoms with E-state index in [1.165, 1.54) is 0 Å². The van der Waals surface area contributed by atoms with Gasteiger partial charge in [0.05, 0.1) is 0 Å². The molecule has 0 saturated heterocycles. The number of aliphatic carboxylic acids is 1. The van der Waals surface area contributed by atoms with Crippen molar-refractivity contribution in [2.24, 2.45) is 0 Å². The summed E-state index contributed by atoms with van der Waals surface area (Å²) in [6.45, 7) is 3.90. The Labute approximate surface area is 100 Å². The van der Waals surface area contributed by atoms with E-state index < -0.39 is 11.5 Å². The Bertz CT molecular complexity index is 377. The van der Waals surface area contributed by atoms with E-state index in [0.29, 0.717) is 11.6 Å². The third-order valence-corrected chi connectivity index (χ3v) is 2.64. The van der Waals surface area contributed by atoms with Gasteiger partial charge in [0.25, 0.3) is 0 Å². The standard InChI is InChI=1S/C12H16ClNO2/c1-12(2,11(15)16)14-7-6-9-4-3-5-10(13)8-9/h3-5,8,14H,6-7H2,1-2H3,(H,15,16). The molecular weight excluding hydrogens is 226 g/mol. The summed E-state index contributed by atoms with van der Waals surface area (Å²) >= 11 is 5.85. The maximum absolute atomic E-state index is 10.8. The summed E-state index contributed by atoms with van der Waals surface area (Å²) in [6.07, 6.45) is 0.761. The molecule has 0 aromatic heterocycles. The molecule has 0 bridgehead atoms. The Hall–Kier alpha value is -1.06. The van der Waals surface area contributed by atoms with Crippen LogP contribution in [0.15, 0.2) is 24.3 Å². The zero-order valence-electron chi connectivity index (χ0n) is 9.46. The quantitative estimate of drug-likeness (QED) is 0.832. The van der Waals surface area contributed by atoms with E-state index in [1.54, 1.807) is 13.8 Å². The number of hydrogen-bond donors (Lipinski definition) is 2. The Morgan fingerprint density at radius 2 is 2.19 bits per heavy atom. The first-order chi connectivity index (χ1) is 7.42. The van der Waals surface area contributed by atoms with Gasteiger partial charge in [-0.15, -0.1) is 0 Å². The highest BCUT2D eigenvalue weighted by molar-refractivity contribution is 6.30. The van der Waals surface area contributed by atoms with Crippen LogP contribution in [-0.2, 0) is 11.2 Å². The van der Waals surface area contributed by atoms with Gasteiger partial charge >= 0.3 is 5.97 Å². The van der Waals surface area contributed by atoms with Gasteiger partial charge in [0, 0.05) is 11.6 Å². The molecule has 3 nitrogen and oxygen atoms in total. The number of halogens is 1. The minimum Gasteiger partial charge on any atom is -0.480 e. The second-order valence-electron chi connectivity index (χ2n) is 4.24. The molecular formula is C12H16ClNO2. The van der Waals surface area contributed by atoms with Crippen LogP contribution < -0.4 is 5.32 Å². The van der Waals surface area contributed by atoms with Crippen LogP contribution in [0.3, 0.4) is 0 Å². The van der Waals surface area contributed by atoms with E-state index in [4.69, 9.17) is 16.7 Å². The number of nitrogens with one attached hydrogen (secondary N) is 1. The molecule has 0 aliphatic carbocycles. The van der Waals surface area contributed by atoms with E-state index in [9.17, 15) is 4.79 Å². The van der Waals surface area contributed by atoms with Crippen LogP contribution in [0, 0.1) is 0 Å². The van der Waals surface area contributed by atoms with Crippen molar-refractivity contribution in [2.75, 3.05) is 6.54 Å². The van der Waals surface area contributed by atoms with Gasteiger partial charge in [-0.2, -0.15) is 0 Å². The molecule has 0 unspecified atom stereocenters. The first-order valence-electron chi connectivity index (χ1n) is 5.15. The lowest BCUT2D eigenvalue weighted by molar-refractivity contribution is -0.143. The maximum Gasteiger partial charge on any atom is 0.323 e. The van der Waals surface area contributed by atoms with Gasteiger partial charge in [-0.1, -0.05) is 23.7 Å². The molecule has 0 aliphatic rings. The number of rotatable bonds is 5. The fourth-order valence-corrected chi connectivity index (χ4v) is 1.50. The first-order valence-corrected chi connectivity index (χ1v) is 5.52. The van der Waals surface area contributed by atoms with Crippen molar-refractivity contribution in [1.29, 1.82) is 0 Å². The van der Waals surface area contributed by atoms with Crippen LogP contribution in [0.2, 0.25) is 5.02 Å². The van der Waals surface area contributed by atoms with Gasteiger partial charge in [0.2, 0.25) is 0 Å². The van der Waals surface area contributed by atoms with Crippen LogP contribution in [0.5, 0.6) is 0 Å². The van der Waals surface area contributed by atoms with Crippen molar-refractivity contribution in [2.45, 2.75) is 25.8 Å². The van der Waals surface area contributed by atoms with Crippen molar-refractivity contribution < 1.29 is 9.90 Å². The molecule has 1 rings (SSSR count). The lowest BCUT2D eigenvalue weighted by atomic mass is 10.1. The van der Waals surface area contributed by atoms with Gasteiger partial charge in [0.1, 0.15) is 5.54 Å². The van der Waals surface area contributed by atoms with E-state index >= 15 is 0 Å². The van der Waals surface area contributed by atoms with Crippen molar-refractivity contribution in [3.05, 3.63) is 34.9 Å². The fourth-order valence-electron chi connectivity index (χ4n) is 1.29. The highest BCUT2D eigenvalue weighted by Gasteiger charge is 2.25. The third kappa shape index (κ3) is 3.83. The SMILES string of the molecule is CC(C)(NCCc1cccc(Cl)c1)C(=O)O. The Morgan fingerprint density at radius 3 is 2.75 bits per heavy atom. The number of benzene rings is 1. The maximum atomic E-state index is 10.8. The average molecular weight is 242 g/mol. The van der Waals surface area contributed by atoms with E-state index in [-0.39, 0.29) is 0 Å². The third-order valence-electron chi connectivity index (χ3n) is 2.40. The Kier molecular flexibility index (Phi) is 4.33. The van der Waals surface area contributed by atoms with Crippen LogP contribution in [0.1, 0.15) is 19.4 Å². The fraction of sp³-hybridized carbons (Fsp3) is 0.417. The number of hydrogen-bond acceptors (Lipinski definition) is 2. The number of carboxylic acid groups (broad SMARTS) is 1. The lowest BCUT2D eigenvalue weighted by Gasteiger charge is -2.20. The summed E-state index contributed by atoms with van der Waals surface area (Å²) in [4.78, 5) is 10.8. The van der Waals surface area contributed by atoms with Gasteiger partial charge in [-0.25, -0.2) is 0 Å². The predicted molar refractivity (Wildman–Crippen MR) is 64.9 cm³/mol. The largest absolute Gasteiger partial charge is 0.480 e. The molecule has 0 heterocycles. The van der Waals surface area contributed by atoms with Crippen molar-refractivity contribution >= 4 is 17.6 Å². The van der Waals surface area contributed by atoms with Crippen molar-refractivity contribution in [1.82, 2.24) is 5.32 Å². The molecule has 0 radical (unpaired) electrons. The molecule has 0 amide bonds. The van der Waals surface area contributed by atoms with E-state index in [2.05, 4.69) is 5.32 Å². The molecule has 0 aliphatic heterocycles. The van der Waals surface area contributed by atoms with Gasteiger partial charge < -0.3 is 10.4 Å². The van der Waals surface area contributed by atoms with Gasteiger partial charge in [-0.05, 0) is 38.0 Å². The molecule has 88 valence electrons. The molecule has 1 aromatic carbocycles. The van der Waals surface area contributed by atoms with Crippen LogP contribution in [-0.4, -0.2) is 23.2 Å². The summed E-state index contributed by atoms with van der Waals surface area (Å²) in [7, 11) is 0. The van der Waals surface area contributed by atoms with E-state index in [1.807, 2.05) is 24.3 Å². The monoisotopic (exact) mass is 241 g/mol. The van der Waals surface area contributed by atoms with Crippen LogP contribution >= 0.6 is 11.6 Å². The highest BCUT2D eigenvalue weighted by Crippen LogP contribution is 2.11. The minimum atomic E-state index is -0.890. The summed E-state index contributed by atoms with van der Waals surface area (Å²) in [6, 6.07) is 7.57. The lowest BCUT2D eigenvalue weighted by Crippen LogP contribution is -2.47. The normalized spacial score (nSPS) is 11.4. The van der Waals surface area contributed by atoms with Crippen molar-refractivity contribution in [3.63, 3.8) is 0 Å². The summed E-state index contributed by atoms with van der Waals surface area (Å²) in [5, 5.41) is 12.6. The van der Waals surface area contributed by atoms with Crippen LogP contribution in [0.4, 0.5) is 0 Å². The number of carbonyl (C=O) groups is 1. The predicted octanol–water partition coefficient (Wildman–Crippen LogP) is 2.34. The molecule has 0 atom stereocenters. The average Bonchev–Trinajstić information content (AvgIpc) is 2.17. The van der Waals surface area contributed by atoms with Gasteiger partial charge in [0.15, 0.2) is 0 Å². The highest BCUT2D eigenvalue weighted by atomic mass is 35.5. The number of carboxylic acids is 1. The van der Waals surface area contributed by atoms with Gasteiger partial charge in [-0.3, -0.25) is 4.79 Å². The van der Waals surface area contributed by atoms with Crippen LogP contribution in [0.25, 0.3) is 0 Å². The molecule has 0 spiro atoms. The molecule has 0 saturated carbocycles. The first kappa shape index (κ1) is 13.0. The second kappa shape index (κ2) is 5.32. The van der Waals surface area contributed by atoms with E-state index in [0.717, 1.165) is 12.0 Å².